The molecule has 21 heavy (non-hydrogen) atoms. The Morgan fingerprint density at radius 2 is 1.90 bits per heavy atom. The van der Waals surface area contributed by atoms with Crippen LogP contribution in [0.2, 0.25) is 5.02 Å². The molecule has 0 radical (unpaired) electrons. The van der Waals surface area contributed by atoms with Crippen LogP contribution in [0, 0.1) is 6.92 Å². The molecule has 2 nitrogen and oxygen atoms in total. The first kappa shape index (κ1) is 16.4. The van der Waals surface area contributed by atoms with E-state index in [0.29, 0.717) is 5.02 Å². The van der Waals surface area contributed by atoms with Crippen LogP contribution in [0.3, 0.4) is 0 Å². The van der Waals surface area contributed by atoms with Gasteiger partial charge < -0.3 is 5.32 Å². The van der Waals surface area contributed by atoms with E-state index in [4.69, 9.17) is 11.6 Å². The second kappa shape index (κ2) is 7.34. The highest BCUT2D eigenvalue weighted by Crippen LogP contribution is 2.26. The van der Waals surface area contributed by atoms with Gasteiger partial charge in [0.2, 0.25) is 5.91 Å². The fourth-order valence-corrected chi connectivity index (χ4v) is 2.98. The van der Waals surface area contributed by atoms with Crippen molar-refractivity contribution in [1.82, 2.24) is 0 Å². The van der Waals surface area contributed by atoms with Crippen molar-refractivity contribution in [2.45, 2.75) is 24.0 Å². The van der Waals surface area contributed by atoms with E-state index in [1.54, 1.807) is 0 Å². The SMILES string of the molecule is Cc1cc(NC(=O)C(C)Sc2ccc(Cl)cc2)ccc1Br. The minimum absolute atomic E-state index is 0.0170. The van der Waals surface area contributed by atoms with Crippen molar-refractivity contribution in [1.29, 1.82) is 0 Å². The first-order valence-electron chi connectivity index (χ1n) is 6.45. The minimum Gasteiger partial charge on any atom is -0.325 e. The van der Waals surface area contributed by atoms with E-state index < -0.39 is 0 Å². The zero-order valence-electron chi connectivity index (χ0n) is 11.7. The molecule has 0 aliphatic rings. The van der Waals surface area contributed by atoms with Gasteiger partial charge in [-0.1, -0.05) is 27.5 Å². The second-order valence-electron chi connectivity index (χ2n) is 4.67. The van der Waals surface area contributed by atoms with Gasteiger partial charge in [-0.05, 0) is 61.9 Å². The second-order valence-corrected chi connectivity index (χ2v) is 7.37. The maximum atomic E-state index is 12.2. The zero-order valence-corrected chi connectivity index (χ0v) is 14.8. The van der Waals surface area contributed by atoms with Gasteiger partial charge in [-0.25, -0.2) is 0 Å². The van der Waals surface area contributed by atoms with Gasteiger partial charge in [-0.15, -0.1) is 11.8 Å². The van der Waals surface area contributed by atoms with E-state index in [9.17, 15) is 4.79 Å². The van der Waals surface area contributed by atoms with Crippen LogP contribution in [-0.2, 0) is 4.79 Å². The van der Waals surface area contributed by atoms with Gasteiger partial charge in [0.1, 0.15) is 0 Å². The highest BCUT2D eigenvalue weighted by molar-refractivity contribution is 9.10. The van der Waals surface area contributed by atoms with Crippen molar-refractivity contribution in [2.24, 2.45) is 0 Å². The molecule has 1 unspecified atom stereocenters. The molecule has 0 aromatic heterocycles. The Kier molecular flexibility index (Phi) is 5.73. The number of nitrogens with one attached hydrogen (secondary N) is 1. The van der Waals surface area contributed by atoms with Gasteiger partial charge in [-0.3, -0.25) is 4.79 Å². The highest BCUT2D eigenvalue weighted by Gasteiger charge is 2.14. The topological polar surface area (TPSA) is 29.1 Å². The Morgan fingerprint density at radius 1 is 1.24 bits per heavy atom. The number of hydrogen-bond acceptors (Lipinski definition) is 2. The fourth-order valence-electron chi connectivity index (χ4n) is 1.74. The molecule has 2 aromatic carbocycles. The molecular formula is C16H15BrClNOS. The van der Waals surface area contributed by atoms with Crippen LogP contribution in [0.4, 0.5) is 5.69 Å². The lowest BCUT2D eigenvalue weighted by Gasteiger charge is -2.13. The molecule has 0 aliphatic heterocycles. The van der Waals surface area contributed by atoms with E-state index in [-0.39, 0.29) is 11.2 Å². The third kappa shape index (κ3) is 4.77. The van der Waals surface area contributed by atoms with Gasteiger partial charge in [0.15, 0.2) is 0 Å². The largest absolute Gasteiger partial charge is 0.325 e. The minimum atomic E-state index is -0.185. The van der Waals surface area contributed by atoms with Gasteiger partial charge >= 0.3 is 0 Å². The normalized spacial score (nSPS) is 12.0. The lowest BCUT2D eigenvalue weighted by Crippen LogP contribution is -2.22. The van der Waals surface area contributed by atoms with Crippen LogP contribution in [0.15, 0.2) is 51.8 Å². The Balaban J connectivity index is 1.98. The van der Waals surface area contributed by atoms with Gasteiger partial charge in [0, 0.05) is 20.1 Å². The zero-order chi connectivity index (χ0) is 15.4. The molecular weight excluding hydrogens is 370 g/mol. The van der Waals surface area contributed by atoms with Crippen LogP contribution in [0.25, 0.3) is 0 Å². The number of rotatable bonds is 4. The summed E-state index contributed by atoms with van der Waals surface area (Å²) in [6.07, 6.45) is 0. The number of benzene rings is 2. The molecule has 0 bridgehead atoms. The van der Waals surface area contributed by atoms with E-state index in [1.165, 1.54) is 11.8 Å². The molecule has 2 rings (SSSR count). The van der Waals surface area contributed by atoms with Crippen LogP contribution in [-0.4, -0.2) is 11.2 Å². The summed E-state index contributed by atoms with van der Waals surface area (Å²) in [5.41, 5.74) is 1.90. The molecule has 1 N–H and O–H groups in total. The molecule has 1 atom stereocenters. The van der Waals surface area contributed by atoms with E-state index in [0.717, 1.165) is 20.6 Å². The average Bonchev–Trinajstić information content (AvgIpc) is 2.45. The Morgan fingerprint density at radius 3 is 2.52 bits per heavy atom. The summed E-state index contributed by atoms with van der Waals surface area (Å²) >= 11 is 10.8. The highest BCUT2D eigenvalue weighted by atomic mass is 79.9. The summed E-state index contributed by atoms with van der Waals surface area (Å²) < 4.78 is 1.03. The fraction of sp³-hybridized carbons (Fsp3) is 0.188. The molecule has 0 heterocycles. The van der Waals surface area contributed by atoms with E-state index in [2.05, 4.69) is 21.2 Å². The quantitative estimate of drug-likeness (QED) is 0.702. The van der Waals surface area contributed by atoms with Crippen molar-refractivity contribution in [3.8, 4) is 0 Å². The van der Waals surface area contributed by atoms with Crippen molar-refractivity contribution >= 4 is 50.9 Å². The number of carbonyl (C=O) groups excluding carboxylic acids is 1. The van der Waals surface area contributed by atoms with Crippen LogP contribution >= 0.6 is 39.3 Å². The number of carbonyl (C=O) groups is 1. The van der Waals surface area contributed by atoms with Gasteiger partial charge in [-0.2, -0.15) is 0 Å². The van der Waals surface area contributed by atoms with E-state index in [1.807, 2.05) is 56.3 Å². The number of anilines is 1. The predicted molar refractivity (Wildman–Crippen MR) is 94.3 cm³/mol. The number of amides is 1. The van der Waals surface area contributed by atoms with Gasteiger partial charge in [0.05, 0.1) is 5.25 Å². The Bertz CT molecular complexity index is 645. The molecule has 1 amide bonds. The molecule has 0 spiro atoms. The summed E-state index contributed by atoms with van der Waals surface area (Å²) in [5.74, 6) is -0.0170. The standard InChI is InChI=1S/C16H15BrClNOS/c1-10-9-13(5-8-15(10)17)19-16(20)11(2)21-14-6-3-12(18)4-7-14/h3-9,11H,1-2H3,(H,19,20). The Hall–Kier alpha value is -0.970. The van der Waals surface area contributed by atoms with Crippen LogP contribution in [0.1, 0.15) is 12.5 Å². The number of hydrogen-bond donors (Lipinski definition) is 1. The number of thioether (sulfide) groups is 1. The van der Waals surface area contributed by atoms with Crippen molar-refractivity contribution < 1.29 is 4.79 Å². The summed E-state index contributed by atoms with van der Waals surface area (Å²) in [4.78, 5) is 13.2. The first-order valence-corrected chi connectivity index (χ1v) is 8.50. The van der Waals surface area contributed by atoms with Crippen molar-refractivity contribution in [3.63, 3.8) is 0 Å². The van der Waals surface area contributed by atoms with Crippen LogP contribution in [0.5, 0.6) is 0 Å². The lowest BCUT2D eigenvalue weighted by atomic mass is 10.2. The smallest absolute Gasteiger partial charge is 0.237 e. The molecule has 0 fully saturated rings. The number of halogens is 2. The predicted octanol–water partition coefficient (Wildman–Crippen LogP) is 5.53. The molecule has 0 saturated carbocycles. The van der Waals surface area contributed by atoms with Crippen molar-refractivity contribution in [3.05, 3.63) is 57.5 Å². The summed E-state index contributed by atoms with van der Waals surface area (Å²) in [6.45, 7) is 3.88. The van der Waals surface area contributed by atoms with Crippen molar-refractivity contribution in [2.75, 3.05) is 5.32 Å². The number of aryl methyl sites for hydroxylation is 1. The molecule has 0 saturated heterocycles. The first-order chi connectivity index (χ1) is 9.95. The summed E-state index contributed by atoms with van der Waals surface area (Å²) in [6, 6.07) is 13.2. The third-order valence-corrected chi connectivity index (χ3v) is 5.17. The third-order valence-electron chi connectivity index (χ3n) is 2.92. The van der Waals surface area contributed by atoms with Crippen LogP contribution < -0.4 is 5.32 Å². The monoisotopic (exact) mass is 383 g/mol. The molecule has 0 aliphatic carbocycles. The summed E-state index contributed by atoms with van der Waals surface area (Å²) in [5, 5.41) is 3.45. The molecule has 2 aromatic rings. The molecule has 110 valence electrons. The molecule has 5 heteroatoms. The van der Waals surface area contributed by atoms with Gasteiger partial charge in [0.25, 0.3) is 0 Å². The maximum Gasteiger partial charge on any atom is 0.237 e. The lowest BCUT2D eigenvalue weighted by molar-refractivity contribution is -0.115. The summed E-state index contributed by atoms with van der Waals surface area (Å²) in [7, 11) is 0. The average molecular weight is 385 g/mol. The maximum absolute atomic E-state index is 12.2. The Labute approximate surface area is 142 Å². The van der Waals surface area contributed by atoms with E-state index >= 15 is 0 Å².